The van der Waals surface area contributed by atoms with Crippen LogP contribution in [0.15, 0.2) is 0 Å². The number of hydrogen-bond donors (Lipinski definition) is 3. The SMILES string of the molecule is CCCNC(=O)CNc1nc(CC)nc(NCC)c1C. The number of rotatable bonds is 8. The van der Waals surface area contributed by atoms with E-state index in [1.807, 2.05) is 27.7 Å². The summed E-state index contributed by atoms with van der Waals surface area (Å²) in [6.45, 7) is 9.74. The van der Waals surface area contributed by atoms with E-state index in [9.17, 15) is 4.79 Å². The lowest BCUT2D eigenvalue weighted by Gasteiger charge is -2.14. The fourth-order valence-electron chi connectivity index (χ4n) is 1.72. The average Bonchev–Trinajstić information content (AvgIpc) is 2.46. The molecule has 112 valence electrons. The molecule has 0 aliphatic carbocycles. The summed E-state index contributed by atoms with van der Waals surface area (Å²) in [5, 5.41) is 9.14. The number of aryl methyl sites for hydroxylation is 1. The van der Waals surface area contributed by atoms with Crippen LogP contribution in [-0.2, 0) is 11.2 Å². The quantitative estimate of drug-likeness (QED) is 0.675. The number of aromatic nitrogens is 2. The molecule has 6 heteroatoms. The van der Waals surface area contributed by atoms with E-state index in [1.54, 1.807) is 0 Å². The lowest BCUT2D eigenvalue weighted by molar-refractivity contribution is -0.119. The van der Waals surface area contributed by atoms with Crippen LogP contribution in [-0.4, -0.2) is 35.5 Å². The molecule has 6 nitrogen and oxygen atoms in total. The maximum absolute atomic E-state index is 11.6. The fourth-order valence-corrected chi connectivity index (χ4v) is 1.72. The lowest BCUT2D eigenvalue weighted by atomic mass is 10.3. The predicted octanol–water partition coefficient (Wildman–Crippen LogP) is 1.72. The maximum Gasteiger partial charge on any atom is 0.239 e. The van der Waals surface area contributed by atoms with Crippen molar-refractivity contribution in [2.75, 3.05) is 30.3 Å². The van der Waals surface area contributed by atoms with Crippen LogP contribution >= 0.6 is 0 Å². The highest BCUT2D eigenvalue weighted by molar-refractivity contribution is 5.80. The van der Waals surface area contributed by atoms with E-state index in [0.717, 1.165) is 42.4 Å². The van der Waals surface area contributed by atoms with Gasteiger partial charge in [-0.2, -0.15) is 0 Å². The van der Waals surface area contributed by atoms with Crippen molar-refractivity contribution in [3.63, 3.8) is 0 Å². The molecule has 1 aromatic heterocycles. The first kappa shape index (κ1) is 16.2. The van der Waals surface area contributed by atoms with Crippen molar-refractivity contribution < 1.29 is 4.79 Å². The zero-order valence-electron chi connectivity index (χ0n) is 12.8. The Hall–Kier alpha value is -1.85. The minimum Gasteiger partial charge on any atom is -0.370 e. The number of amides is 1. The first-order valence-electron chi connectivity index (χ1n) is 7.24. The van der Waals surface area contributed by atoms with Crippen molar-refractivity contribution >= 4 is 17.5 Å². The number of anilines is 2. The molecular formula is C14H25N5O. The van der Waals surface area contributed by atoms with E-state index in [2.05, 4.69) is 25.9 Å². The van der Waals surface area contributed by atoms with E-state index in [0.29, 0.717) is 6.54 Å². The van der Waals surface area contributed by atoms with Crippen LogP contribution < -0.4 is 16.0 Å². The Kier molecular flexibility index (Phi) is 6.76. The summed E-state index contributed by atoms with van der Waals surface area (Å²) in [5.74, 6) is 2.30. The molecule has 0 atom stereocenters. The summed E-state index contributed by atoms with van der Waals surface area (Å²) in [4.78, 5) is 20.5. The van der Waals surface area contributed by atoms with Crippen LogP contribution in [0, 0.1) is 6.92 Å². The molecule has 0 unspecified atom stereocenters. The second kappa shape index (κ2) is 8.35. The largest absolute Gasteiger partial charge is 0.370 e. The van der Waals surface area contributed by atoms with Crippen LogP contribution in [0.3, 0.4) is 0 Å². The molecule has 0 aliphatic heterocycles. The molecule has 3 N–H and O–H groups in total. The van der Waals surface area contributed by atoms with Gasteiger partial charge in [-0.3, -0.25) is 4.79 Å². The first-order valence-corrected chi connectivity index (χ1v) is 7.24. The smallest absolute Gasteiger partial charge is 0.239 e. The van der Waals surface area contributed by atoms with Gasteiger partial charge in [-0.25, -0.2) is 9.97 Å². The van der Waals surface area contributed by atoms with E-state index in [1.165, 1.54) is 0 Å². The Balaban J connectivity index is 2.77. The van der Waals surface area contributed by atoms with E-state index in [-0.39, 0.29) is 12.5 Å². The van der Waals surface area contributed by atoms with Crippen molar-refractivity contribution in [1.82, 2.24) is 15.3 Å². The van der Waals surface area contributed by atoms with Gasteiger partial charge in [0.15, 0.2) is 0 Å². The predicted molar refractivity (Wildman–Crippen MR) is 82.1 cm³/mol. The van der Waals surface area contributed by atoms with Gasteiger partial charge < -0.3 is 16.0 Å². The van der Waals surface area contributed by atoms with E-state index in [4.69, 9.17) is 0 Å². The molecule has 0 spiro atoms. The zero-order valence-corrected chi connectivity index (χ0v) is 12.8. The monoisotopic (exact) mass is 279 g/mol. The van der Waals surface area contributed by atoms with Gasteiger partial charge in [0.1, 0.15) is 17.5 Å². The van der Waals surface area contributed by atoms with Gasteiger partial charge in [0.2, 0.25) is 5.91 Å². The van der Waals surface area contributed by atoms with Crippen molar-refractivity contribution in [2.24, 2.45) is 0 Å². The second-order valence-corrected chi connectivity index (χ2v) is 4.55. The second-order valence-electron chi connectivity index (χ2n) is 4.55. The summed E-state index contributed by atoms with van der Waals surface area (Å²) in [6.07, 6.45) is 1.69. The highest BCUT2D eigenvalue weighted by Crippen LogP contribution is 2.19. The molecule has 1 heterocycles. The topological polar surface area (TPSA) is 78.9 Å². The van der Waals surface area contributed by atoms with Crippen LogP contribution in [0.1, 0.15) is 38.6 Å². The van der Waals surface area contributed by atoms with Gasteiger partial charge in [-0.1, -0.05) is 13.8 Å². The number of carbonyl (C=O) groups excluding carboxylic acids is 1. The lowest BCUT2D eigenvalue weighted by Crippen LogP contribution is -2.30. The van der Waals surface area contributed by atoms with Crippen molar-refractivity contribution in [3.05, 3.63) is 11.4 Å². The highest BCUT2D eigenvalue weighted by Gasteiger charge is 2.10. The Bertz CT molecular complexity index is 447. The van der Waals surface area contributed by atoms with Crippen LogP contribution in [0.4, 0.5) is 11.6 Å². The molecule has 0 saturated heterocycles. The fraction of sp³-hybridized carbons (Fsp3) is 0.643. The molecule has 0 aromatic carbocycles. The van der Waals surface area contributed by atoms with Crippen molar-refractivity contribution in [1.29, 1.82) is 0 Å². The molecule has 1 aromatic rings. The highest BCUT2D eigenvalue weighted by atomic mass is 16.1. The van der Waals surface area contributed by atoms with E-state index >= 15 is 0 Å². The molecule has 0 radical (unpaired) electrons. The number of carbonyl (C=O) groups is 1. The molecule has 20 heavy (non-hydrogen) atoms. The van der Waals surface area contributed by atoms with Gasteiger partial charge in [0.25, 0.3) is 0 Å². The molecular weight excluding hydrogens is 254 g/mol. The summed E-state index contributed by atoms with van der Waals surface area (Å²) in [7, 11) is 0. The minimum atomic E-state index is -0.0205. The van der Waals surface area contributed by atoms with Crippen LogP contribution in [0.5, 0.6) is 0 Å². The Labute approximate surface area is 120 Å². The normalized spacial score (nSPS) is 10.2. The van der Waals surface area contributed by atoms with Crippen LogP contribution in [0.2, 0.25) is 0 Å². The molecule has 1 amide bonds. The molecule has 0 bridgehead atoms. The molecule has 0 fully saturated rings. The third kappa shape index (κ3) is 4.68. The van der Waals surface area contributed by atoms with Gasteiger partial charge in [0.05, 0.1) is 6.54 Å². The number of hydrogen-bond acceptors (Lipinski definition) is 5. The summed E-state index contributed by atoms with van der Waals surface area (Å²) < 4.78 is 0. The van der Waals surface area contributed by atoms with Crippen molar-refractivity contribution in [3.8, 4) is 0 Å². The summed E-state index contributed by atoms with van der Waals surface area (Å²) >= 11 is 0. The van der Waals surface area contributed by atoms with Gasteiger partial charge in [-0.05, 0) is 20.3 Å². The summed E-state index contributed by atoms with van der Waals surface area (Å²) in [6, 6.07) is 0. The average molecular weight is 279 g/mol. The van der Waals surface area contributed by atoms with Crippen molar-refractivity contribution in [2.45, 2.75) is 40.5 Å². The summed E-state index contributed by atoms with van der Waals surface area (Å²) in [5.41, 5.74) is 0.937. The van der Waals surface area contributed by atoms with E-state index < -0.39 is 0 Å². The number of nitrogens with one attached hydrogen (secondary N) is 3. The van der Waals surface area contributed by atoms with Crippen LogP contribution in [0.25, 0.3) is 0 Å². The first-order chi connectivity index (χ1) is 9.62. The Morgan fingerprint density at radius 1 is 1.10 bits per heavy atom. The molecule has 0 aliphatic rings. The Morgan fingerprint density at radius 2 is 1.75 bits per heavy atom. The third-order valence-corrected chi connectivity index (χ3v) is 2.84. The minimum absolute atomic E-state index is 0.0205. The number of nitrogens with zero attached hydrogens (tertiary/aromatic N) is 2. The Morgan fingerprint density at radius 3 is 2.30 bits per heavy atom. The zero-order chi connectivity index (χ0) is 15.0. The molecule has 1 rings (SSSR count). The van der Waals surface area contributed by atoms with Gasteiger partial charge in [0, 0.05) is 25.1 Å². The third-order valence-electron chi connectivity index (χ3n) is 2.84. The van der Waals surface area contributed by atoms with Gasteiger partial charge in [-0.15, -0.1) is 0 Å². The molecule has 0 saturated carbocycles. The van der Waals surface area contributed by atoms with Gasteiger partial charge >= 0.3 is 0 Å². The maximum atomic E-state index is 11.6. The standard InChI is InChI=1S/C14H25N5O/c1-5-8-16-12(20)9-17-14-10(4)13(15-7-3)18-11(6-2)19-14/h5-9H2,1-4H3,(H,16,20)(H2,15,17,18,19).